The van der Waals surface area contributed by atoms with E-state index in [2.05, 4.69) is 77.6 Å². The highest BCUT2D eigenvalue weighted by molar-refractivity contribution is 9.10. The average molecular weight is 291 g/mol. The van der Waals surface area contributed by atoms with Crippen LogP contribution in [0.3, 0.4) is 0 Å². The summed E-state index contributed by atoms with van der Waals surface area (Å²) in [5, 5.41) is 1.60. The average Bonchev–Trinajstić information content (AvgIpc) is 2.46. The molecule has 1 aliphatic heterocycles. The van der Waals surface area contributed by atoms with Crippen molar-refractivity contribution in [3.8, 4) is 0 Å². The minimum Gasteiger partial charge on any atom is -0.0830 e. The number of allylic oxidation sites excluding steroid dienone is 4. The van der Waals surface area contributed by atoms with E-state index in [9.17, 15) is 0 Å². The second kappa shape index (κ2) is 3.20. The van der Waals surface area contributed by atoms with Crippen LogP contribution in [0.4, 0.5) is 0 Å². The number of hydrogen-bond acceptors (Lipinski definition) is 0. The van der Waals surface area contributed by atoms with Gasteiger partial charge in [-0.25, -0.2) is 0 Å². The summed E-state index contributed by atoms with van der Waals surface area (Å²) in [6.45, 7) is 4.92. The number of halogens is 1. The van der Waals surface area contributed by atoms with Crippen molar-refractivity contribution in [1.29, 1.82) is 0 Å². The Morgan fingerprint density at radius 3 is 2.75 bits per heavy atom. The zero-order valence-corrected chi connectivity index (χ0v) is 12.2. The summed E-state index contributed by atoms with van der Waals surface area (Å²) in [4.78, 5) is 0. The zero-order valence-electron chi connectivity index (χ0n) is 9.57. The van der Waals surface area contributed by atoms with E-state index in [4.69, 9.17) is 0 Å². The fourth-order valence-electron chi connectivity index (χ4n) is 3.09. The van der Waals surface area contributed by atoms with Gasteiger partial charge in [0.25, 0.3) is 0 Å². The second-order valence-electron chi connectivity index (χ2n) is 5.20. The first-order valence-electron chi connectivity index (χ1n) is 5.72. The predicted molar refractivity (Wildman–Crippen MR) is 76.2 cm³/mol. The molecule has 0 N–H and O–H groups in total. The molecule has 1 aliphatic carbocycles. The van der Waals surface area contributed by atoms with Crippen molar-refractivity contribution in [3.63, 3.8) is 0 Å². The molecule has 2 atom stereocenters. The van der Waals surface area contributed by atoms with Gasteiger partial charge >= 0.3 is 0 Å². The van der Waals surface area contributed by atoms with Gasteiger partial charge in [-0.2, -0.15) is 0 Å². The molecule has 0 saturated carbocycles. The molecule has 0 radical (unpaired) electrons. The van der Waals surface area contributed by atoms with Gasteiger partial charge in [0.05, 0.1) is 3.95 Å². The van der Waals surface area contributed by atoms with Gasteiger partial charge in [0.15, 0.2) is 0 Å². The second-order valence-corrected chi connectivity index (χ2v) is 11.9. The fraction of sp³-hybridized carbons (Fsp3) is 0.286. The molecular formula is C14H15BrSi. The first-order chi connectivity index (χ1) is 7.57. The van der Waals surface area contributed by atoms with Crippen LogP contribution in [0.15, 0.2) is 48.6 Å². The predicted octanol–water partition coefficient (Wildman–Crippen LogP) is 3.50. The van der Waals surface area contributed by atoms with Crippen LogP contribution in [0.25, 0.3) is 0 Å². The van der Waals surface area contributed by atoms with Gasteiger partial charge in [0, 0.05) is 5.92 Å². The molecule has 82 valence electrons. The molecule has 1 heterocycles. The highest BCUT2D eigenvalue weighted by Gasteiger charge is 2.56. The molecule has 0 amide bonds. The smallest absolute Gasteiger partial charge is 0.0830 e. The minimum atomic E-state index is -1.47. The van der Waals surface area contributed by atoms with E-state index in [1.807, 2.05) is 0 Å². The van der Waals surface area contributed by atoms with E-state index in [1.54, 1.807) is 5.19 Å². The summed E-state index contributed by atoms with van der Waals surface area (Å²) in [5.41, 5.74) is 1.52. The zero-order chi connectivity index (χ0) is 11.4. The lowest BCUT2D eigenvalue weighted by atomic mass is 9.92. The van der Waals surface area contributed by atoms with Gasteiger partial charge in [-0.3, -0.25) is 0 Å². The van der Waals surface area contributed by atoms with Gasteiger partial charge in [-0.1, -0.05) is 82.8 Å². The van der Waals surface area contributed by atoms with Crippen LogP contribution in [0.5, 0.6) is 0 Å². The number of hydrogen-bond donors (Lipinski definition) is 0. The number of alkyl halides is 1. The van der Waals surface area contributed by atoms with Crippen molar-refractivity contribution in [2.45, 2.75) is 23.0 Å². The van der Waals surface area contributed by atoms with Gasteiger partial charge in [0.2, 0.25) is 0 Å². The van der Waals surface area contributed by atoms with Crippen LogP contribution >= 0.6 is 15.9 Å². The normalized spacial score (nSPS) is 33.6. The Bertz CT molecular complexity index is 501. The third-order valence-corrected chi connectivity index (χ3v) is 12.1. The van der Waals surface area contributed by atoms with E-state index >= 15 is 0 Å². The molecule has 0 bridgehead atoms. The summed E-state index contributed by atoms with van der Waals surface area (Å²) < 4.78 is 0.179. The maximum atomic E-state index is 4.05. The topological polar surface area (TPSA) is 0 Å². The summed E-state index contributed by atoms with van der Waals surface area (Å²) in [5.74, 6) is 0.523. The standard InChI is InChI=1S/C14H15BrSi/c1-16(2)13-9-4-3-7-11(13)12-8-5-6-10-14(12,16)15/h3-10,12H,1-2H3. The van der Waals surface area contributed by atoms with Gasteiger partial charge in [-0.15, -0.1) is 0 Å². The van der Waals surface area contributed by atoms with Crippen molar-refractivity contribution in [3.05, 3.63) is 54.1 Å². The summed E-state index contributed by atoms with van der Waals surface area (Å²) in [7, 11) is -1.47. The highest BCUT2D eigenvalue weighted by atomic mass is 79.9. The Balaban J connectivity index is 2.31. The summed E-state index contributed by atoms with van der Waals surface area (Å²) in [6, 6.07) is 8.95. The van der Waals surface area contributed by atoms with Crippen molar-refractivity contribution >= 4 is 29.2 Å². The Labute approximate surface area is 106 Å². The van der Waals surface area contributed by atoms with Crippen molar-refractivity contribution < 1.29 is 0 Å². The van der Waals surface area contributed by atoms with Gasteiger partial charge < -0.3 is 0 Å². The molecule has 0 spiro atoms. The van der Waals surface area contributed by atoms with Crippen molar-refractivity contribution in [2.24, 2.45) is 0 Å². The lowest BCUT2D eigenvalue weighted by molar-refractivity contribution is 0.830. The third-order valence-electron chi connectivity index (χ3n) is 4.13. The van der Waals surface area contributed by atoms with E-state index < -0.39 is 8.07 Å². The molecule has 0 aromatic heterocycles. The Morgan fingerprint density at radius 2 is 1.94 bits per heavy atom. The molecule has 3 rings (SSSR count). The summed E-state index contributed by atoms with van der Waals surface area (Å²) in [6.07, 6.45) is 9.07. The van der Waals surface area contributed by atoms with Gasteiger partial charge in [0.1, 0.15) is 8.07 Å². The van der Waals surface area contributed by atoms with Crippen LogP contribution in [0.1, 0.15) is 11.5 Å². The van der Waals surface area contributed by atoms with Crippen molar-refractivity contribution in [1.82, 2.24) is 0 Å². The largest absolute Gasteiger partial charge is 0.105 e. The lowest BCUT2D eigenvalue weighted by Gasteiger charge is -2.37. The first kappa shape index (κ1) is 10.5. The number of rotatable bonds is 0. The monoisotopic (exact) mass is 290 g/mol. The Hall–Kier alpha value is -0.603. The molecule has 2 aliphatic rings. The highest BCUT2D eigenvalue weighted by Crippen LogP contribution is 2.51. The molecule has 16 heavy (non-hydrogen) atoms. The van der Waals surface area contributed by atoms with E-state index in [0.29, 0.717) is 5.92 Å². The van der Waals surface area contributed by atoms with Crippen LogP contribution in [-0.2, 0) is 0 Å². The molecule has 1 aromatic rings. The number of benzene rings is 1. The molecule has 2 unspecified atom stereocenters. The molecule has 2 heteroatoms. The van der Waals surface area contributed by atoms with E-state index in [1.165, 1.54) is 5.56 Å². The third kappa shape index (κ3) is 1.09. The molecule has 0 nitrogen and oxygen atoms in total. The SMILES string of the molecule is C[Si]1(C)c2ccccc2C2C=CC=CC21Br. The van der Waals surface area contributed by atoms with Crippen molar-refractivity contribution in [2.75, 3.05) is 0 Å². The van der Waals surface area contributed by atoms with Crippen LogP contribution in [-0.4, -0.2) is 12.0 Å². The molecular weight excluding hydrogens is 276 g/mol. The molecule has 0 saturated heterocycles. The lowest BCUT2D eigenvalue weighted by Crippen LogP contribution is -2.54. The Kier molecular flexibility index (Phi) is 2.11. The Morgan fingerprint density at radius 1 is 1.19 bits per heavy atom. The fourth-order valence-corrected chi connectivity index (χ4v) is 7.71. The van der Waals surface area contributed by atoms with E-state index in [0.717, 1.165) is 0 Å². The van der Waals surface area contributed by atoms with Gasteiger partial charge in [-0.05, 0) is 5.56 Å². The first-order valence-corrected chi connectivity index (χ1v) is 9.51. The van der Waals surface area contributed by atoms with Crippen LogP contribution < -0.4 is 5.19 Å². The number of fused-ring (bicyclic) bond motifs is 3. The quantitative estimate of drug-likeness (QED) is 0.507. The summed E-state index contributed by atoms with van der Waals surface area (Å²) >= 11 is 4.05. The molecule has 1 aromatic carbocycles. The van der Waals surface area contributed by atoms with Crippen LogP contribution in [0.2, 0.25) is 13.1 Å². The maximum absolute atomic E-state index is 4.05. The minimum absolute atomic E-state index is 0.179. The maximum Gasteiger partial charge on any atom is 0.105 e. The van der Waals surface area contributed by atoms with E-state index in [-0.39, 0.29) is 3.95 Å². The molecule has 0 fully saturated rings. The van der Waals surface area contributed by atoms with Crippen LogP contribution in [0, 0.1) is 0 Å².